The molecular weight excluding hydrogens is 380 g/mol. The highest BCUT2D eigenvalue weighted by Gasteiger charge is 2.24. The van der Waals surface area contributed by atoms with E-state index in [4.69, 9.17) is 12.2 Å². The van der Waals surface area contributed by atoms with Crippen LogP contribution in [-0.4, -0.2) is 48.6 Å². The normalized spacial score (nSPS) is 14.6. The number of amides is 1. The quantitative estimate of drug-likeness (QED) is 0.677. The average molecular weight is 412 g/mol. The minimum absolute atomic E-state index is 0.0678. The van der Waals surface area contributed by atoms with Gasteiger partial charge in [0.15, 0.2) is 11.7 Å². The minimum atomic E-state index is 0.0678. The fourth-order valence-corrected chi connectivity index (χ4v) is 3.87. The monoisotopic (exact) mass is 411 g/mol. The predicted molar refractivity (Wildman–Crippen MR) is 124 cm³/mol. The lowest BCUT2D eigenvalue weighted by Crippen LogP contribution is -3.15. The second kappa shape index (κ2) is 9.37. The number of hydrogen-bond acceptors (Lipinski definition) is 2. The average Bonchev–Trinajstić information content (AvgIpc) is 2.69. The molecule has 1 amide bonds. The maximum atomic E-state index is 12.5. The van der Waals surface area contributed by atoms with Crippen LogP contribution in [0.1, 0.15) is 22.3 Å². The summed E-state index contributed by atoms with van der Waals surface area (Å²) in [5, 5.41) is 7.22. The van der Waals surface area contributed by atoms with Crippen LogP contribution in [0.5, 0.6) is 0 Å². The number of aryl methyl sites for hydroxylation is 3. The zero-order chi connectivity index (χ0) is 21.0. The van der Waals surface area contributed by atoms with Crippen LogP contribution in [0.4, 0.5) is 11.4 Å². The maximum absolute atomic E-state index is 12.5. The van der Waals surface area contributed by atoms with Gasteiger partial charge in [-0.3, -0.25) is 4.79 Å². The number of carbonyl (C=O) groups excluding carboxylic acids is 1. The first-order valence-electron chi connectivity index (χ1n) is 10.2. The van der Waals surface area contributed by atoms with E-state index in [2.05, 4.69) is 60.6 Å². The van der Waals surface area contributed by atoms with Gasteiger partial charge in [0.1, 0.15) is 0 Å². The van der Waals surface area contributed by atoms with Gasteiger partial charge in [0.2, 0.25) is 0 Å². The smallest absolute Gasteiger partial charge is 0.279 e. The van der Waals surface area contributed by atoms with Crippen molar-refractivity contribution in [3.05, 3.63) is 58.7 Å². The van der Waals surface area contributed by atoms with Gasteiger partial charge < -0.3 is 20.4 Å². The number of quaternary nitrogens is 1. The molecule has 2 aromatic rings. The molecule has 1 aliphatic rings. The van der Waals surface area contributed by atoms with E-state index in [1.54, 1.807) is 0 Å². The molecular formula is C23H31N4OS+. The van der Waals surface area contributed by atoms with Crippen molar-refractivity contribution < 1.29 is 9.69 Å². The Hall–Kier alpha value is -2.44. The summed E-state index contributed by atoms with van der Waals surface area (Å²) in [5.41, 5.74) is 6.69. The molecule has 0 aromatic heterocycles. The van der Waals surface area contributed by atoms with Crippen molar-refractivity contribution in [3.8, 4) is 0 Å². The van der Waals surface area contributed by atoms with Crippen molar-refractivity contribution in [1.29, 1.82) is 0 Å². The van der Waals surface area contributed by atoms with Crippen molar-refractivity contribution in [2.24, 2.45) is 0 Å². The Balaban J connectivity index is 1.48. The van der Waals surface area contributed by atoms with Gasteiger partial charge in [-0.2, -0.15) is 0 Å². The molecule has 1 aliphatic heterocycles. The Kier molecular flexibility index (Phi) is 6.87. The SMILES string of the molecule is Cc1ccc(C)c(NC(=S)N2CC[NH+](CC(=O)Nc3cccc(C)c3C)CC2)c1. The third kappa shape index (κ3) is 5.55. The molecule has 2 aromatic carbocycles. The van der Waals surface area contributed by atoms with E-state index in [1.807, 2.05) is 19.1 Å². The van der Waals surface area contributed by atoms with Gasteiger partial charge in [-0.15, -0.1) is 0 Å². The summed E-state index contributed by atoms with van der Waals surface area (Å²) in [7, 11) is 0. The van der Waals surface area contributed by atoms with Crippen molar-refractivity contribution in [3.63, 3.8) is 0 Å². The summed E-state index contributed by atoms with van der Waals surface area (Å²) in [6, 6.07) is 12.3. The highest BCUT2D eigenvalue weighted by Crippen LogP contribution is 2.18. The molecule has 5 nitrogen and oxygen atoms in total. The summed E-state index contributed by atoms with van der Waals surface area (Å²) in [5.74, 6) is 0.0678. The van der Waals surface area contributed by atoms with E-state index in [9.17, 15) is 4.79 Å². The number of anilines is 2. The Morgan fingerprint density at radius 2 is 1.72 bits per heavy atom. The topological polar surface area (TPSA) is 48.8 Å². The van der Waals surface area contributed by atoms with Crippen LogP contribution in [0.3, 0.4) is 0 Å². The maximum Gasteiger partial charge on any atom is 0.279 e. The van der Waals surface area contributed by atoms with Crippen LogP contribution in [0.15, 0.2) is 36.4 Å². The van der Waals surface area contributed by atoms with E-state index in [-0.39, 0.29) is 5.91 Å². The summed E-state index contributed by atoms with van der Waals surface area (Å²) in [6.07, 6.45) is 0. The highest BCUT2D eigenvalue weighted by atomic mass is 32.1. The van der Waals surface area contributed by atoms with Crippen molar-refractivity contribution in [2.75, 3.05) is 43.4 Å². The standard InChI is InChI=1S/C23H30N4OS/c1-16-8-9-18(3)21(14-16)25-23(29)27-12-10-26(11-13-27)15-22(28)24-20-7-5-6-17(2)19(20)4/h5-9,14H,10-13,15H2,1-4H3,(H,24,28)(H,25,29)/p+1. The fraction of sp³-hybridized carbons (Fsp3) is 0.391. The molecule has 29 heavy (non-hydrogen) atoms. The molecule has 0 aliphatic carbocycles. The number of hydrogen-bond donors (Lipinski definition) is 3. The number of piperazine rings is 1. The Bertz CT molecular complexity index is 904. The molecule has 0 unspecified atom stereocenters. The van der Waals surface area contributed by atoms with E-state index in [0.717, 1.165) is 48.2 Å². The first-order valence-corrected chi connectivity index (χ1v) is 10.6. The third-order valence-corrected chi connectivity index (χ3v) is 6.04. The van der Waals surface area contributed by atoms with Gasteiger partial charge in [-0.05, 0) is 74.3 Å². The molecule has 0 spiro atoms. The fourth-order valence-electron chi connectivity index (χ4n) is 3.58. The van der Waals surface area contributed by atoms with Crippen LogP contribution < -0.4 is 15.5 Å². The predicted octanol–water partition coefficient (Wildman–Crippen LogP) is 2.46. The summed E-state index contributed by atoms with van der Waals surface area (Å²) in [6.45, 7) is 12.2. The molecule has 154 valence electrons. The third-order valence-electron chi connectivity index (χ3n) is 5.68. The minimum Gasteiger partial charge on any atom is -0.338 e. The lowest BCUT2D eigenvalue weighted by Gasteiger charge is -2.33. The molecule has 0 atom stereocenters. The van der Waals surface area contributed by atoms with Crippen molar-refractivity contribution in [2.45, 2.75) is 27.7 Å². The van der Waals surface area contributed by atoms with Gasteiger partial charge in [0.05, 0.1) is 26.2 Å². The number of benzene rings is 2. The molecule has 1 fully saturated rings. The summed E-state index contributed by atoms with van der Waals surface area (Å²) < 4.78 is 0. The van der Waals surface area contributed by atoms with E-state index in [1.165, 1.54) is 21.6 Å². The van der Waals surface area contributed by atoms with Gasteiger partial charge in [0.25, 0.3) is 5.91 Å². The molecule has 0 saturated carbocycles. The molecule has 6 heteroatoms. The van der Waals surface area contributed by atoms with Gasteiger partial charge in [0, 0.05) is 11.4 Å². The van der Waals surface area contributed by atoms with Gasteiger partial charge >= 0.3 is 0 Å². The summed E-state index contributed by atoms with van der Waals surface area (Å²) >= 11 is 5.62. The van der Waals surface area contributed by atoms with Crippen molar-refractivity contribution >= 4 is 34.6 Å². The first kappa shape index (κ1) is 21.3. The number of carbonyl (C=O) groups is 1. The molecule has 1 saturated heterocycles. The molecule has 3 rings (SSSR count). The van der Waals surface area contributed by atoms with Crippen LogP contribution in [0.25, 0.3) is 0 Å². The Labute approximate surface area is 179 Å². The number of rotatable bonds is 4. The number of nitrogens with zero attached hydrogens (tertiary/aromatic N) is 1. The second-order valence-electron chi connectivity index (χ2n) is 7.96. The highest BCUT2D eigenvalue weighted by molar-refractivity contribution is 7.80. The lowest BCUT2D eigenvalue weighted by atomic mass is 10.1. The zero-order valence-corrected chi connectivity index (χ0v) is 18.6. The zero-order valence-electron chi connectivity index (χ0n) is 17.8. The van der Waals surface area contributed by atoms with Crippen LogP contribution >= 0.6 is 12.2 Å². The van der Waals surface area contributed by atoms with Gasteiger partial charge in [-0.25, -0.2) is 0 Å². The van der Waals surface area contributed by atoms with Crippen molar-refractivity contribution in [1.82, 2.24) is 4.90 Å². The molecule has 1 heterocycles. The lowest BCUT2D eigenvalue weighted by molar-refractivity contribution is -0.895. The van der Waals surface area contributed by atoms with E-state index in [0.29, 0.717) is 6.54 Å². The van der Waals surface area contributed by atoms with E-state index >= 15 is 0 Å². The number of thiocarbonyl (C=S) groups is 1. The largest absolute Gasteiger partial charge is 0.338 e. The molecule has 0 bridgehead atoms. The van der Waals surface area contributed by atoms with Crippen LogP contribution in [0.2, 0.25) is 0 Å². The number of nitrogens with one attached hydrogen (secondary N) is 3. The second-order valence-corrected chi connectivity index (χ2v) is 8.34. The molecule has 0 radical (unpaired) electrons. The van der Waals surface area contributed by atoms with Crippen LogP contribution in [0, 0.1) is 27.7 Å². The first-order chi connectivity index (χ1) is 13.8. The summed E-state index contributed by atoms with van der Waals surface area (Å²) in [4.78, 5) is 16.0. The van der Waals surface area contributed by atoms with Crippen LogP contribution in [-0.2, 0) is 4.79 Å². The van der Waals surface area contributed by atoms with Gasteiger partial charge in [-0.1, -0.05) is 24.3 Å². The Morgan fingerprint density at radius 1 is 1.00 bits per heavy atom. The molecule has 3 N–H and O–H groups in total. The Morgan fingerprint density at radius 3 is 2.45 bits per heavy atom. The van der Waals surface area contributed by atoms with E-state index < -0.39 is 0 Å².